The van der Waals surface area contributed by atoms with E-state index >= 15 is 0 Å². The van der Waals surface area contributed by atoms with Crippen molar-refractivity contribution in [2.45, 2.75) is 58.8 Å². The van der Waals surface area contributed by atoms with Crippen LogP contribution in [0.4, 0.5) is 5.88 Å². The molecule has 4 rings (SSSR count). The van der Waals surface area contributed by atoms with Crippen LogP contribution in [0.15, 0.2) is 28.7 Å². The van der Waals surface area contributed by atoms with Crippen molar-refractivity contribution in [3.05, 3.63) is 35.6 Å². The molecule has 0 bridgehead atoms. The van der Waals surface area contributed by atoms with Crippen LogP contribution in [0, 0.1) is 18.8 Å². The smallest absolute Gasteiger partial charge is 0.342 e. The first-order valence-corrected chi connectivity index (χ1v) is 12.2. The zero-order valence-corrected chi connectivity index (χ0v) is 19.7. The SMILES string of the molecule is CCCCC1CCC(C(=O)Nc2oc(C)c(C(=O)OC)c2-c2nc3ccccc3s2)CC1. The van der Waals surface area contributed by atoms with Crippen molar-refractivity contribution in [3.8, 4) is 10.6 Å². The number of hydrogen-bond donors (Lipinski definition) is 1. The average Bonchev–Trinajstić information content (AvgIpc) is 3.37. The number of nitrogens with one attached hydrogen (secondary N) is 1. The number of nitrogens with zero attached hydrogens (tertiary/aromatic N) is 1. The van der Waals surface area contributed by atoms with Crippen LogP contribution in [0.25, 0.3) is 20.8 Å². The second kappa shape index (κ2) is 9.86. The lowest BCUT2D eigenvalue weighted by atomic mass is 9.79. The van der Waals surface area contributed by atoms with E-state index in [4.69, 9.17) is 14.1 Å². The first kappa shape index (κ1) is 22.5. The summed E-state index contributed by atoms with van der Waals surface area (Å²) >= 11 is 1.46. The molecule has 1 aliphatic carbocycles. The molecule has 1 amide bonds. The molecular weight excluding hydrogens is 424 g/mol. The Kier molecular flexibility index (Phi) is 6.94. The Balaban J connectivity index is 1.60. The number of esters is 1. The number of anilines is 1. The lowest BCUT2D eigenvalue weighted by molar-refractivity contribution is -0.121. The summed E-state index contributed by atoms with van der Waals surface area (Å²) in [6.07, 6.45) is 7.69. The zero-order valence-electron chi connectivity index (χ0n) is 18.9. The Morgan fingerprint density at radius 3 is 2.66 bits per heavy atom. The number of ether oxygens (including phenoxy) is 1. The van der Waals surface area contributed by atoms with Crippen LogP contribution in [-0.4, -0.2) is 24.0 Å². The molecule has 170 valence electrons. The van der Waals surface area contributed by atoms with Crippen LogP contribution >= 0.6 is 11.3 Å². The summed E-state index contributed by atoms with van der Waals surface area (Å²) in [6.45, 7) is 3.92. The van der Waals surface area contributed by atoms with Crippen molar-refractivity contribution in [3.63, 3.8) is 0 Å². The molecule has 7 heteroatoms. The third kappa shape index (κ3) is 4.58. The number of carbonyl (C=O) groups excluding carboxylic acids is 2. The first-order valence-electron chi connectivity index (χ1n) is 11.4. The van der Waals surface area contributed by atoms with Gasteiger partial charge in [0.2, 0.25) is 11.8 Å². The largest absolute Gasteiger partial charge is 0.465 e. The van der Waals surface area contributed by atoms with Crippen molar-refractivity contribution in [2.75, 3.05) is 12.4 Å². The van der Waals surface area contributed by atoms with Gasteiger partial charge in [0.05, 0.1) is 22.9 Å². The number of benzene rings is 1. The molecule has 1 N–H and O–H groups in total. The monoisotopic (exact) mass is 454 g/mol. The normalized spacial score (nSPS) is 18.6. The molecule has 0 unspecified atom stereocenters. The lowest BCUT2D eigenvalue weighted by Gasteiger charge is -2.27. The maximum absolute atomic E-state index is 13.1. The number of para-hydroxylation sites is 1. The van der Waals surface area contributed by atoms with E-state index in [2.05, 4.69) is 12.2 Å². The van der Waals surface area contributed by atoms with Gasteiger partial charge < -0.3 is 9.15 Å². The van der Waals surface area contributed by atoms with Gasteiger partial charge in [-0.2, -0.15) is 0 Å². The van der Waals surface area contributed by atoms with Crippen molar-refractivity contribution in [2.24, 2.45) is 11.8 Å². The quantitative estimate of drug-likeness (QED) is 0.407. The van der Waals surface area contributed by atoms with E-state index in [1.165, 1.54) is 37.7 Å². The fourth-order valence-electron chi connectivity index (χ4n) is 4.58. The number of unbranched alkanes of at least 4 members (excludes halogenated alkanes) is 1. The van der Waals surface area contributed by atoms with E-state index in [-0.39, 0.29) is 17.7 Å². The van der Waals surface area contributed by atoms with Gasteiger partial charge in [0.1, 0.15) is 16.3 Å². The number of aromatic nitrogens is 1. The van der Waals surface area contributed by atoms with E-state index in [0.29, 0.717) is 21.9 Å². The first-order chi connectivity index (χ1) is 15.5. The molecule has 1 fully saturated rings. The number of fused-ring (bicyclic) bond motifs is 1. The highest BCUT2D eigenvalue weighted by atomic mass is 32.1. The minimum Gasteiger partial charge on any atom is -0.465 e. The minimum atomic E-state index is -0.502. The number of hydrogen-bond acceptors (Lipinski definition) is 6. The highest BCUT2D eigenvalue weighted by Crippen LogP contribution is 2.41. The van der Waals surface area contributed by atoms with Crippen LogP contribution in [0.1, 0.15) is 68.0 Å². The van der Waals surface area contributed by atoms with Gasteiger partial charge in [-0.05, 0) is 50.7 Å². The van der Waals surface area contributed by atoms with Gasteiger partial charge >= 0.3 is 5.97 Å². The summed E-state index contributed by atoms with van der Waals surface area (Å²) in [7, 11) is 1.34. The topological polar surface area (TPSA) is 81.4 Å². The number of amides is 1. The van der Waals surface area contributed by atoms with Gasteiger partial charge in [-0.25, -0.2) is 9.78 Å². The molecule has 6 nitrogen and oxygen atoms in total. The molecule has 3 aromatic rings. The number of thiazole rings is 1. The van der Waals surface area contributed by atoms with Crippen LogP contribution < -0.4 is 5.32 Å². The summed E-state index contributed by atoms with van der Waals surface area (Å²) in [5.41, 5.74) is 1.65. The molecular formula is C25H30N2O4S. The number of rotatable bonds is 7. The third-order valence-corrected chi connectivity index (χ3v) is 7.46. The Hall–Kier alpha value is -2.67. The summed E-state index contributed by atoms with van der Waals surface area (Å²) in [4.78, 5) is 30.3. The number of methoxy groups -OCH3 is 1. The van der Waals surface area contributed by atoms with Gasteiger partial charge in [0, 0.05) is 5.92 Å². The van der Waals surface area contributed by atoms with E-state index in [0.717, 1.165) is 41.8 Å². The molecule has 0 saturated heterocycles. The second-order valence-electron chi connectivity index (χ2n) is 8.56. The number of furan rings is 1. The summed E-state index contributed by atoms with van der Waals surface area (Å²) in [5.74, 6) is 0.825. The zero-order chi connectivity index (χ0) is 22.7. The molecule has 0 radical (unpaired) electrons. The van der Waals surface area contributed by atoms with Crippen LogP contribution in [0.2, 0.25) is 0 Å². The van der Waals surface area contributed by atoms with Crippen molar-refractivity contribution in [1.82, 2.24) is 4.98 Å². The number of aryl methyl sites for hydroxylation is 1. The van der Waals surface area contributed by atoms with Crippen LogP contribution in [-0.2, 0) is 9.53 Å². The van der Waals surface area contributed by atoms with Crippen LogP contribution in [0.3, 0.4) is 0 Å². The molecule has 2 aromatic heterocycles. The van der Waals surface area contributed by atoms with Gasteiger partial charge in [-0.3, -0.25) is 10.1 Å². The summed E-state index contributed by atoms with van der Waals surface area (Å²) in [6, 6.07) is 7.78. The van der Waals surface area contributed by atoms with E-state index in [9.17, 15) is 9.59 Å². The maximum atomic E-state index is 13.1. The van der Waals surface area contributed by atoms with Crippen molar-refractivity contribution < 1.29 is 18.7 Å². The second-order valence-corrected chi connectivity index (χ2v) is 9.60. The lowest BCUT2D eigenvalue weighted by Crippen LogP contribution is -2.27. The predicted octanol–water partition coefficient (Wildman–Crippen LogP) is 6.59. The van der Waals surface area contributed by atoms with Gasteiger partial charge in [0.15, 0.2) is 0 Å². The Bertz CT molecular complexity index is 1080. The molecule has 1 aromatic carbocycles. The van der Waals surface area contributed by atoms with Gasteiger partial charge in [-0.1, -0.05) is 38.3 Å². The molecule has 0 atom stereocenters. The van der Waals surface area contributed by atoms with Gasteiger partial charge in [0.25, 0.3) is 0 Å². The molecule has 2 heterocycles. The van der Waals surface area contributed by atoms with E-state index < -0.39 is 5.97 Å². The van der Waals surface area contributed by atoms with E-state index in [1.807, 2.05) is 24.3 Å². The molecule has 1 saturated carbocycles. The average molecular weight is 455 g/mol. The Morgan fingerprint density at radius 2 is 1.97 bits per heavy atom. The summed E-state index contributed by atoms with van der Waals surface area (Å²) in [5, 5.41) is 3.60. The minimum absolute atomic E-state index is 0.0388. The standard InChI is InChI=1S/C25H30N2O4S/c1-4-5-8-16-11-13-17(14-12-16)22(28)27-23-21(20(15(2)31-23)25(29)30-3)24-26-18-9-6-7-10-19(18)32-24/h6-7,9-10,16-17H,4-5,8,11-14H2,1-3H3,(H,27,28). The van der Waals surface area contributed by atoms with Crippen molar-refractivity contribution in [1.29, 1.82) is 0 Å². The van der Waals surface area contributed by atoms with Gasteiger partial charge in [-0.15, -0.1) is 11.3 Å². The molecule has 1 aliphatic rings. The van der Waals surface area contributed by atoms with Crippen LogP contribution in [0.5, 0.6) is 0 Å². The maximum Gasteiger partial charge on any atom is 0.342 e. The Morgan fingerprint density at radius 1 is 1.22 bits per heavy atom. The number of carbonyl (C=O) groups is 2. The fraction of sp³-hybridized carbons (Fsp3) is 0.480. The molecule has 0 spiro atoms. The fourth-order valence-corrected chi connectivity index (χ4v) is 5.60. The Labute approximate surface area is 192 Å². The van der Waals surface area contributed by atoms with E-state index in [1.54, 1.807) is 6.92 Å². The molecule has 32 heavy (non-hydrogen) atoms. The van der Waals surface area contributed by atoms with Crippen molar-refractivity contribution >= 4 is 39.3 Å². The molecule has 0 aliphatic heterocycles. The highest BCUT2D eigenvalue weighted by Gasteiger charge is 2.31. The highest BCUT2D eigenvalue weighted by molar-refractivity contribution is 7.21. The predicted molar refractivity (Wildman–Crippen MR) is 127 cm³/mol. The third-order valence-electron chi connectivity index (χ3n) is 6.40. The summed E-state index contributed by atoms with van der Waals surface area (Å²) < 4.78 is 11.9.